The molecule has 1 unspecified atom stereocenters. The van der Waals surface area contributed by atoms with Crippen molar-refractivity contribution < 1.29 is 12.6 Å². The molecule has 4 heteroatoms. The first kappa shape index (κ1) is 22.2. The minimum Gasteiger partial charge on any atom is -0.263 e. The summed E-state index contributed by atoms with van der Waals surface area (Å²) in [5.41, 5.74) is 1.04. The fourth-order valence-electron chi connectivity index (χ4n) is 2.94. The summed E-state index contributed by atoms with van der Waals surface area (Å²) in [5.74, 6) is 0. The first-order chi connectivity index (χ1) is 12.0. The van der Waals surface area contributed by atoms with Crippen molar-refractivity contribution in [2.45, 2.75) is 102 Å². The SMILES string of the molecule is CCCCCCCCCCCCC(C)OS(=O)(=O)c1ccc(C)cc1. The monoisotopic (exact) mass is 368 g/mol. The highest BCUT2D eigenvalue weighted by molar-refractivity contribution is 7.86. The molecule has 0 heterocycles. The number of rotatable bonds is 14. The number of unbranched alkanes of at least 4 members (excludes halogenated alkanes) is 9. The second-order valence-corrected chi connectivity index (χ2v) is 8.72. The standard InChI is InChI=1S/C21H36O3S/c1-4-5-6-7-8-9-10-11-12-13-14-20(3)24-25(22,23)21-17-15-19(2)16-18-21/h15-18,20H,4-14H2,1-3H3. The summed E-state index contributed by atoms with van der Waals surface area (Å²) in [5, 5.41) is 0. The van der Waals surface area contributed by atoms with E-state index in [0.29, 0.717) is 0 Å². The molecular formula is C21H36O3S. The van der Waals surface area contributed by atoms with Gasteiger partial charge in [-0.1, -0.05) is 88.8 Å². The zero-order chi connectivity index (χ0) is 18.5. The van der Waals surface area contributed by atoms with Crippen molar-refractivity contribution in [1.82, 2.24) is 0 Å². The van der Waals surface area contributed by atoms with Crippen LogP contribution >= 0.6 is 0 Å². The minimum absolute atomic E-state index is 0.244. The molecule has 0 amide bonds. The topological polar surface area (TPSA) is 43.4 Å². The molecule has 0 aliphatic rings. The van der Waals surface area contributed by atoms with E-state index >= 15 is 0 Å². The fourth-order valence-corrected chi connectivity index (χ4v) is 4.05. The van der Waals surface area contributed by atoms with Crippen molar-refractivity contribution in [3.05, 3.63) is 29.8 Å². The second kappa shape index (κ2) is 12.5. The molecule has 1 aromatic rings. The Morgan fingerprint density at radius 2 is 1.32 bits per heavy atom. The maximum atomic E-state index is 12.2. The lowest BCUT2D eigenvalue weighted by molar-refractivity contribution is 0.213. The van der Waals surface area contributed by atoms with Crippen LogP contribution in [-0.2, 0) is 14.3 Å². The van der Waals surface area contributed by atoms with Crippen molar-refractivity contribution >= 4 is 10.1 Å². The third kappa shape index (κ3) is 10.0. The van der Waals surface area contributed by atoms with Crippen molar-refractivity contribution in [3.63, 3.8) is 0 Å². The van der Waals surface area contributed by atoms with Gasteiger partial charge in [-0.15, -0.1) is 0 Å². The normalized spacial score (nSPS) is 13.1. The molecular weight excluding hydrogens is 332 g/mol. The fraction of sp³-hybridized carbons (Fsp3) is 0.714. The van der Waals surface area contributed by atoms with Crippen LogP contribution in [0.1, 0.15) is 90.0 Å². The van der Waals surface area contributed by atoms with Gasteiger partial charge in [0.05, 0.1) is 11.0 Å². The lowest BCUT2D eigenvalue weighted by atomic mass is 10.1. The van der Waals surface area contributed by atoms with E-state index in [1.165, 1.54) is 51.4 Å². The molecule has 25 heavy (non-hydrogen) atoms. The highest BCUT2D eigenvalue weighted by atomic mass is 32.2. The third-order valence-corrected chi connectivity index (χ3v) is 6.00. The van der Waals surface area contributed by atoms with Crippen molar-refractivity contribution in [2.24, 2.45) is 0 Å². The molecule has 3 nitrogen and oxygen atoms in total. The van der Waals surface area contributed by atoms with E-state index in [-0.39, 0.29) is 11.0 Å². The summed E-state index contributed by atoms with van der Waals surface area (Å²) in [6, 6.07) is 6.81. The van der Waals surface area contributed by atoms with Crippen molar-refractivity contribution in [1.29, 1.82) is 0 Å². The average Bonchev–Trinajstić information content (AvgIpc) is 2.56. The maximum Gasteiger partial charge on any atom is 0.297 e. The van der Waals surface area contributed by atoms with Crippen LogP contribution in [0.15, 0.2) is 29.2 Å². The first-order valence-corrected chi connectivity index (χ1v) is 11.4. The lowest BCUT2D eigenvalue weighted by Crippen LogP contribution is -2.15. The van der Waals surface area contributed by atoms with Gasteiger partial charge < -0.3 is 0 Å². The van der Waals surface area contributed by atoms with Crippen LogP contribution in [0.4, 0.5) is 0 Å². The summed E-state index contributed by atoms with van der Waals surface area (Å²) in [4.78, 5) is 0.244. The molecule has 0 aliphatic heterocycles. The molecule has 0 aliphatic carbocycles. The van der Waals surface area contributed by atoms with Gasteiger partial charge in [-0.25, -0.2) is 0 Å². The molecule has 0 fully saturated rings. The van der Waals surface area contributed by atoms with Crippen molar-refractivity contribution in [2.75, 3.05) is 0 Å². The van der Waals surface area contributed by atoms with Gasteiger partial charge in [0.1, 0.15) is 0 Å². The molecule has 0 N–H and O–H groups in total. The van der Waals surface area contributed by atoms with E-state index in [1.807, 2.05) is 13.8 Å². The Morgan fingerprint density at radius 1 is 0.840 bits per heavy atom. The maximum absolute atomic E-state index is 12.2. The van der Waals surface area contributed by atoms with Crippen molar-refractivity contribution in [3.8, 4) is 0 Å². The van der Waals surface area contributed by atoms with Gasteiger partial charge in [0.2, 0.25) is 0 Å². The lowest BCUT2D eigenvalue weighted by Gasteiger charge is -2.13. The van der Waals surface area contributed by atoms with Crippen LogP contribution in [0.5, 0.6) is 0 Å². The van der Waals surface area contributed by atoms with E-state index in [4.69, 9.17) is 4.18 Å². The van der Waals surface area contributed by atoms with Gasteiger partial charge in [0, 0.05) is 0 Å². The van der Waals surface area contributed by atoms with E-state index in [2.05, 4.69) is 6.92 Å². The quantitative estimate of drug-likeness (QED) is 0.282. The first-order valence-electron chi connectivity index (χ1n) is 9.95. The molecule has 0 radical (unpaired) electrons. The zero-order valence-electron chi connectivity index (χ0n) is 16.3. The number of aryl methyl sites for hydroxylation is 1. The summed E-state index contributed by atoms with van der Waals surface area (Å²) in [6.45, 7) is 6.03. The molecule has 0 bridgehead atoms. The molecule has 1 rings (SSSR count). The zero-order valence-corrected chi connectivity index (χ0v) is 17.1. The van der Waals surface area contributed by atoms with Gasteiger partial charge >= 0.3 is 0 Å². The predicted molar refractivity (Wildman–Crippen MR) is 105 cm³/mol. The number of benzene rings is 1. The largest absolute Gasteiger partial charge is 0.297 e. The van der Waals surface area contributed by atoms with Gasteiger partial charge in [0.25, 0.3) is 10.1 Å². The van der Waals surface area contributed by atoms with Gasteiger partial charge in [-0.05, 0) is 32.4 Å². The van der Waals surface area contributed by atoms with Crippen LogP contribution in [0.2, 0.25) is 0 Å². The highest BCUT2D eigenvalue weighted by Gasteiger charge is 2.18. The minimum atomic E-state index is -3.64. The highest BCUT2D eigenvalue weighted by Crippen LogP contribution is 2.18. The summed E-state index contributed by atoms with van der Waals surface area (Å²) >= 11 is 0. The van der Waals surface area contributed by atoms with E-state index in [9.17, 15) is 8.42 Å². The second-order valence-electron chi connectivity index (χ2n) is 7.14. The van der Waals surface area contributed by atoms with Crippen LogP contribution < -0.4 is 0 Å². The Morgan fingerprint density at radius 3 is 1.84 bits per heavy atom. The van der Waals surface area contributed by atoms with Gasteiger partial charge in [-0.3, -0.25) is 4.18 Å². The molecule has 1 aromatic carbocycles. The van der Waals surface area contributed by atoms with Crippen LogP contribution in [0.3, 0.4) is 0 Å². The molecule has 0 saturated carbocycles. The van der Waals surface area contributed by atoms with E-state index < -0.39 is 10.1 Å². The molecule has 0 spiro atoms. The Hall–Kier alpha value is -0.870. The van der Waals surface area contributed by atoms with Crippen LogP contribution in [-0.4, -0.2) is 14.5 Å². The summed E-state index contributed by atoms with van der Waals surface area (Å²) in [6.07, 6.45) is 13.4. The van der Waals surface area contributed by atoms with Gasteiger partial charge in [-0.2, -0.15) is 8.42 Å². The Kier molecular flexibility index (Phi) is 11.1. The van der Waals surface area contributed by atoms with Crippen LogP contribution in [0, 0.1) is 6.92 Å². The van der Waals surface area contributed by atoms with E-state index in [1.54, 1.807) is 24.3 Å². The Balaban J connectivity index is 2.12. The molecule has 1 atom stereocenters. The number of hydrogen-bond acceptors (Lipinski definition) is 3. The predicted octanol–water partition coefficient (Wildman–Crippen LogP) is 6.40. The Labute approximate surface area is 155 Å². The number of hydrogen-bond donors (Lipinski definition) is 0. The van der Waals surface area contributed by atoms with Gasteiger partial charge in [0.15, 0.2) is 0 Å². The third-order valence-electron chi connectivity index (χ3n) is 4.56. The molecule has 0 aromatic heterocycles. The Bertz CT molecular complexity index is 549. The smallest absolute Gasteiger partial charge is 0.263 e. The summed E-state index contributed by atoms with van der Waals surface area (Å²) in [7, 11) is -3.64. The van der Waals surface area contributed by atoms with Crippen LogP contribution in [0.25, 0.3) is 0 Å². The van der Waals surface area contributed by atoms with E-state index in [0.717, 1.165) is 24.8 Å². The molecule has 144 valence electrons. The summed E-state index contributed by atoms with van der Waals surface area (Å²) < 4.78 is 29.7. The average molecular weight is 369 g/mol. The molecule has 0 saturated heterocycles.